The van der Waals surface area contributed by atoms with Crippen LogP contribution in [0.3, 0.4) is 0 Å². The fraction of sp³-hybridized carbons (Fsp3) is 0.318. The highest BCUT2D eigenvalue weighted by atomic mass is 32.1. The number of esters is 1. The Hall–Kier alpha value is -3.13. The van der Waals surface area contributed by atoms with E-state index in [0.717, 1.165) is 29.7 Å². The Morgan fingerprint density at radius 2 is 2.00 bits per heavy atom. The molecular formula is C22H21NO6S. The number of amides is 1. The van der Waals surface area contributed by atoms with Crippen molar-refractivity contribution in [2.24, 2.45) is 0 Å². The van der Waals surface area contributed by atoms with Gasteiger partial charge in [0.25, 0.3) is 5.91 Å². The first-order chi connectivity index (χ1) is 14.5. The van der Waals surface area contributed by atoms with E-state index in [1.165, 1.54) is 17.4 Å². The molecule has 2 heterocycles. The average Bonchev–Trinajstić information content (AvgIpc) is 3.28. The number of hydrogen-bond donors (Lipinski definition) is 1. The van der Waals surface area contributed by atoms with Gasteiger partial charge >= 0.3 is 11.6 Å². The van der Waals surface area contributed by atoms with E-state index in [2.05, 4.69) is 5.32 Å². The molecule has 3 aromatic rings. The van der Waals surface area contributed by atoms with Crippen LogP contribution >= 0.6 is 11.3 Å². The second-order valence-corrected chi connectivity index (χ2v) is 7.92. The van der Waals surface area contributed by atoms with Crippen molar-refractivity contribution in [1.29, 1.82) is 0 Å². The third-order valence-corrected chi connectivity index (χ3v) is 6.10. The van der Waals surface area contributed by atoms with Gasteiger partial charge in [0.1, 0.15) is 21.9 Å². The SMILES string of the molecule is CCOC(=O)c1c(NC(=O)c2cc3ccc(OCC)cc3oc2=O)sc2c1CCC2. The maximum Gasteiger partial charge on any atom is 0.349 e. The zero-order chi connectivity index (χ0) is 21.3. The van der Waals surface area contributed by atoms with Crippen LogP contribution in [0.4, 0.5) is 5.00 Å². The summed E-state index contributed by atoms with van der Waals surface area (Å²) in [6, 6.07) is 6.57. The molecule has 0 atom stereocenters. The Morgan fingerprint density at radius 3 is 2.77 bits per heavy atom. The largest absolute Gasteiger partial charge is 0.494 e. The molecule has 30 heavy (non-hydrogen) atoms. The van der Waals surface area contributed by atoms with E-state index in [0.29, 0.717) is 33.9 Å². The minimum Gasteiger partial charge on any atom is -0.494 e. The third-order valence-electron chi connectivity index (χ3n) is 4.89. The van der Waals surface area contributed by atoms with Gasteiger partial charge in [-0.1, -0.05) is 0 Å². The van der Waals surface area contributed by atoms with Crippen LogP contribution in [0.5, 0.6) is 5.75 Å². The number of ether oxygens (including phenoxy) is 2. The molecule has 0 unspecified atom stereocenters. The predicted octanol–water partition coefficient (Wildman–Crippen LogP) is 4.17. The molecule has 7 nitrogen and oxygen atoms in total. The maximum absolute atomic E-state index is 12.9. The van der Waals surface area contributed by atoms with Crippen LogP contribution in [-0.4, -0.2) is 25.1 Å². The van der Waals surface area contributed by atoms with E-state index < -0.39 is 17.5 Å². The topological polar surface area (TPSA) is 94.8 Å². The lowest BCUT2D eigenvalue weighted by atomic mass is 10.1. The third kappa shape index (κ3) is 3.70. The molecule has 0 fully saturated rings. The summed E-state index contributed by atoms with van der Waals surface area (Å²) in [6.07, 6.45) is 2.61. The van der Waals surface area contributed by atoms with Crippen LogP contribution in [0, 0.1) is 0 Å². The van der Waals surface area contributed by atoms with E-state index in [-0.39, 0.29) is 12.2 Å². The first kappa shape index (κ1) is 20.2. The number of fused-ring (bicyclic) bond motifs is 2. The highest BCUT2D eigenvalue weighted by Gasteiger charge is 2.29. The van der Waals surface area contributed by atoms with Crippen LogP contribution in [0.25, 0.3) is 11.0 Å². The van der Waals surface area contributed by atoms with Gasteiger partial charge in [-0.25, -0.2) is 9.59 Å². The fourth-order valence-electron chi connectivity index (χ4n) is 3.59. The van der Waals surface area contributed by atoms with E-state index in [9.17, 15) is 14.4 Å². The van der Waals surface area contributed by atoms with Crippen molar-refractivity contribution in [1.82, 2.24) is 0 Å². The second-order valence-electron chi connectivity index (χ2n) is 6.82. The Kier molecular flexibility index (Phi) is 5.59. The van der Waals surface area contributed by atoms with E-state index in [4.69, 9.17) is 13.9 Å². The van der Waals surface area contributed by atoms with E-state index in [1.54, 1.807) is 25.1 Å². The van der Waals surface area contributed by atoms with Crippen LogP contribution in [-0.2, 0) is 17.6 Å². The van der Waals surface area contributed by atoms with Gasteiger partial charge in [-0.3, -0.25) is 4.79 Å². The van der Waals surface area contributed by atoms with Crippen molar-refractivity contribution in [3.63, 3.8) is 0 Å². The first-order valence-corrected chi connectivity index (χ1v) is 10.7. The number of benzene rings is 1. The maximum atomic E-state index is 12.9. The van der Waals surface area contributed by atoms with E-state index in [1.807, 2.05) is 6.92 Å². The summed E-state index contributed by atoms with van der Waals surface area (Å²) < 4.78 is 15.9. The normalized spacial score (nSPS) is 12.6. The van der Waals surface area contributed by atoms with Gasteiger partial charge in [0.2, 0.25) is 0 Å². The minimum absolute atomic E-state index is 0.130. The number of thiophene rings is 1. The van der Waals surface area contributed by atoms with Crippen molar-refractivity contribution in [2.45, 2.75) is 33.1 Å². The molecule has 1 amide bonds. The average molecular weight is 427 g/mol. The van der Waals surface area contributed by atoms with Gasteiger partial charge < -0.3 is 19.2 Å². The molecule has 8 heteroatoms. The monoisotopic (exact) mass is 427 g/mol. The second kappa shape index (κ2) is 8.31. The summed E-state index contributed by atoms with van der Waals surface area (Å²) in [5, 5.41) is 3.74. The lowest BCUT2D eigenvalue weighted by Crippen LogP contribution is -2.21. The van der Waals surface area contributed by atoms with Gasteiger partial charge in [0.05, 0.1) is 18.8 Å². The van der Waals surface area contributed by atoms with Crippen molar-refractivity contribution >= 4 is 39.2 Å². The Bertz CT molecular complexity index is 1190. The molecule has 0 saturated heterocycles. The summed E-state index contributed by atoms with van der Waals surface area (Å²) in [4.78, 5) is 38.8. The van der Waals surface area contributed by atoms with Crippen molar-refractivity contribution in [2.75, 3.05) is 18.5 Å². The highest BCUT2D eigenvalue weighted by molar-refractivity contribution is 7.17. The smallest absolute Gasteiger partial charge is 0.349 e. The molecule has 0 saturated carbocycles. The van der Waals surface area contributed by atoms with Gasteiger partial charge in [-0.15, -0.1) is 11.3 Å². The summed E-state index contributed by atoms with van der Waals surface area (Å²) in [5.41, 5.74) is 0.784. The van der Waals surface area contributed by atoms with Gasteiger partial charge in [0, 0.05) is 16.3 Å². The number of nitrogens with one attached hydrogen (secondary N) is 1. The predicted molar refractivity (Wildman–Crippen MR) is 114 cm³/mol. The fourth-order valence-corrected chi connectivity index (χ4v) is 4.86. The molecule has 1 aromatic carbocycles. The molecule has 1 aliphatic carbocycles. The molecule has 1 N–H and O–H groups in total. The number of hydrogen-bond acceptors (Lipinski definition) is 7. The number of anilines is 1. The quantitative estimate of drug-likeness (QED) is 0.469. The zero-order valence-corrected chi connectivity index (χ0v) is 17.5. The Balaban J connectivity index is 1.67. The molecule has 1 aliphatic rings. The van der Waals surface area contributed by atoms with Gasteiger partial charge in [-0.2, -0.15) is 0 Å². The number of aryl methyl sites for hydroxylation is 1. The zero-order valence-electron chi connectivity index (χ0n) is 16.7. The van der Waals surface area contributed by atoms with Gasteiger partial charge in [-0.05, 0) is 56.9 Å². The van der Waals surface area contributed by atoms with Gasteiger partial charge in [0.15, 0.2) is 0 Å². The van der Waals surface area contributed by atoms with Crippen LogP contribution in [0.2, 0.25) is 0 Å². The highest BCUT2D eigenvalue weighted by Crippen LogP contribution is 2.39. The Morgan fingerprint density at radius 1 is 1.17 bits per heavy atom. The molecule has 0 radical (unpaired) electrons. The summed E-state index contributed by atoms with van der Waals surface area (Å²) in [6.45, 7) is 4.33. The molecule has 156 valence electrons. The van der Waals surface area contributed by atoms with Crippen LogP contribution in [0.15, 0.2) is 33.5 Å². The molecule has 4 rings (SSSR count). The van der Waals surface area contributed by atoms with Crippen LogP contribution < -0.4 is 15.7 Å². The standard InChI is InChI=1S/C22H21NO6S/c1-3-27-13-9-8-12-10-15(21(25)29-16(12)11-13)19(24)23-20-18(22(26)28-4-2)14-6-5-7-17(14)30-20/h8-11H,3-7H2,1-2H3,(H,23,24). The van der Waals surface area contributed by atoms with E-state index >= 15 is 0 Å². The summed E-state index contributed by atoms with van der Waals surface area (Å²) in [7, 11) is 0. The number of carbonyl (C=O) groups is 2. The molecule has 0 bridgehead atoms. The van der Waals surface area contributed by atoms with Crippen molar-refractivity contribution < 1.29 is 23.5 Å². The minimum atomic E-state index is -0.754. The molecule has 0 spiro atoms. The lowest BCUT2D eigenvalue weighted by molar-refractivity contribution is 0.0527. The Labute approximate surface area is 176 Å². The number of rotatable bonds is 6. The molecular weight excluding hydrogens is 406 g/mol. The number of carbonyl (C=O) groups excluding carboxylic acids is 2. The molecule has 2 aromatic heterocycles. The summed E-state index contributed by atoms with van der Waals surface area (Å²) in [5.74, 6) is -0.497. The first-order valence-electron chi connectivity index (χ1n) is 9.85. The lowest BCUT2D eigenvalue weighted by Gasteiger charge is -2.08. The van der Waals surface area contributed by atoms with Crippen LogP contribution in [0.1, 0.15) is 51.4 Å². The molecule has 0 aliphatic heterocycles. The summed E-state index contributed by atoms with van der Waals surface area (Å²) >= 11 is 1.36. The van der Waals surface area contributed by atoms with Crippen molar-refractivity contribution in [3.05, 3.63) is 56.3 Å². The van der Waals surface area contributed by atoms with Crippen molar-refractivity contribution in [3.8, 4) is 5.75 Å².